The summed E-state index contributed by atoms with van der Waals surface area (Å²) in [5.74, 6) is -0.0674. The van der Waals surface area contributed by atoms with Crippen LogP contribution in [-0.2, 0) is 16.8 Å². The second-order valence-corrected chi connectivity index (χ2v) is 7.27. The maximum absolute atomic E-state index is 13.0. The summed E-state index contributed by atoms with van der Waals surface area (Å²) in [5.41, 5.74) is 1.12. The number of nitrogens with one attached hydrogen (secondary N) is 1. The molecule has 0 aliphatic carbocycles. The van der Waals surface area contributed by atoms with Crippen LogP contribution in [0.15, 0.2) is 48.5 Å². The van der Waals surface area contributed by atoms with E-state index in [2.05, 4.69) is 12.2 Å². The zero-order valence-electron chi connectivity index (χ0n) is 17.0. The summed E-state index contributed by atoms with van der Waals surface area (Å²) >= 11 is 0. The Bertz CT molecular complexity index is 905. The predicted octanol–water partition coefficient (Wildman–Crippen LogP) is 3.69. The number of imide groups is 1. The van der Waals surface area contributed by atoms with E-state index in [0.717, 1.165) is 17.7 Å². The van der Waals surface area contributed by atoms with Crippen molar-refractivity contribution in [3.63, 3.8) is 0 Å². The van der Waals surface area contributed by atoms with E-state index >= 15 is 0 Å². The third-order valence-electron chi connectivity index (χ3n) is 5.13. The van der Waals surface area contributed by atoms with Gasteiger partial charge in [0, 0.05) is 5.56 Å². The van der Waals surface area contributed by atoms with E-state index in [4.69, 9.17) is 4.74 Å². The van der Waals surface area contributed by atoms with Crippen molar-refractivity contribution >= 4 is 17.7 Å². The zero-order chi connectivity index (χ0) is 21.0. The molecular formula is C23H26N2O4. The van der Waals surface area contributed by atoms with Crippen LogP contribution in [0.3, 0.4) is 0 Å². The molecule has 0 aromatic heterocycles. The molecule has 1 fully saturated rings. The van der Waals surface area contributed by atoms with Crippen LogP contribution in [0.1, 0.15) is 48.7 Å². The normalized spacial score (nSPS) is 18.7. The molecule has 0 spiro atoms. The summed E-state index contributed by atoms with van der Waals surface area (Å²) in [6, 6.07) is 13.8. The predicted molar refractivity (Wildman–Crippen MR) is 110 cm³/mol. The van der Waals surface area contributed by atoms with Crippen molar-refractivity contribution in [3.05, 3.63) is 65.2 Å². The van der Waals surface area contributed by atoms with Crippen molar-refractivity contribution in [2.45, 2.75) is 39.2 Å². The first-order valence-electron chi connectivity index (χ1n) is 9.88. The lowest BCUT2D eigenvalue weighted by Gasteiger charge is -2.22. The molecule has 0 saturated carbocycles. The van der Waals surface area contributed by atoms with Crippen LogP contribution < -0.4 is 10.1 Å². The van der Waals surface area contributed by atoms with Gasteiger partial charge in [0.1, 0.15) is 11.3 Å². The molecule has 3 rings (SSSR count). The highest BCUT2D eigenvalue weighted by molar-refractivity contribution is 6.11. The second kappa shape index (κ2) is 8.47. The van der Waals surface area contributed by atoms with Gasteiger partial charge in [-0.3, -0.25) is 14.5 Å². The highest BCUT2D eigenvalue weighted by Crippen LogP contribution is 2.29. The molecule has 3 amide bonds. The van der Waals surface area contributed by atoms with E-state index in [9.17, 15) is 14.4 Å². The van der Waals surface area contributed by atoms with Gasteiger partial charge >= 0.3 is 6.03 Å². The average Bonchev–Trinajstić information content (AvgIpc) is 2.93. The van der Waals surface area contributed by atoms with Gasteiger partial charge in [0.15, 0.2) is 5.78 Å². The number of carbonyl (C=O) groups is 3. The van der Waals surface area contributed by atoms with Crippen molar-refractivity contribution in [2.24, 2.45) is 0 Å². The van der Waals surface area contributed by atoms with Crippen molar-refractivity contribution in [1.29, 1.82) is 0 Å². The Balaban J connectivity index is 1.74. The molecule has 152 valence electrons. The summed E-state index contributed by atoms with van der Waals surface area (Å²) in [6.45, 7) is 5.89. The van der Waals surface area contributed by atoms with E-state index in [0.29, 0.717) is 23.5 Å². The fourth-order valence-electron chi connectivity index (χ4n) is 3.47. The molecule has 1 atom stereocenters. The summed E-state index contributed by atoms with van der Waals surface area (Å²) in [5, 5.41) is 2.75. The summed E-state index contributed by atoms with van der Waals surface area (Å²) in [4.78, 5) is 39.1. The summed E-state index contributed by atoms with van der Waals surface area (Å²) in [7, 11) is 0. The molecule has 0 radical (unpaired) electrons. The number of aryl methyl sites for hydroxylation is 1. The van der Waals surface area contributed by atoms with Gasteiger partial charge in [0.25, 0.3) is 5.91 Å². The topological polar surface area (TPSA) is 75.7 Å². The molecule has 2 aromatic carbocycles. The number of amides is 3. The standard InChI is InChI=1S/C23H26N2O4/c1-4-6-16-7-11-18(12-8-16)23(3)21(27)25(22(28)24-23)15-20(26)17-9-13-19(14-10-17)29-5-2/h7-14H,4-6,15H2,1-3H3,(H,24,28). The Morgan fingerprint density at radius 3 is 2.28 bits per heavy atom. The van der Waals surface area contributed by atoms with Crippen molar-refractivity contribution < 1.29 is 19.1 Å². The number of ketones is 1. The van der Waals surface area contributed by atoms with Gasteiger partial charge in [-0.25, -0.2) is 4.79 Å². The number of ether oxygens (including phenoxy) is 1. The van der Waals surface area contributed by atoms with E-state index in [1.807, 2.05) is 31.2 Å². The number of nitrogens with zero attached hydrogens (tertiary/aromatic N) is 1. The summed E-state index contributed by atoms with van der Waals surface area (Å²) < 4.78 is 5.37. The van der Waals surface area contributed by atoms with Crippen LogP contribution >= 0.6 is 0 Å². The van der Waals surface area contributed by atoms with Crippen molar-refractivity contribution in [1.82, 2.24) is 10.2 Å². The fraction of sp³-hybridized carbons (Fsp3) is 0.348. The quantitative estimate of drug-likeness (QED) is 0.547. The summed E-state index contributed by atoms with van der Waals surface area (Å²) in [6.07, 6.45) is 1.99. The van der Waals surface area contributed by atoms with Crippen LogP contribution in [0.2, 0.25) is 0 Å². The first-order chi connectivity index (χ1) is 13.9. The highest BCUT2D eigenvalue weighted by atomic mass is 16.5. The SMILES string of the molecule is CCCc1ccc(C2(C)NC(=O)N(CC(=O)c3ccc(OCC)cc3)C2=O)cc1. The van der Waals surface area contributed by atoms with Crippen molar-refractivity contribution in [3.8, 4) is 5.75 Å². The van der Waals surface area contributed by atoms with E-state index in [1.54, 1.807) is 31.2 Å². The largest absolute Gasteiger partial charge is 0.494 e. The van der Waals surface area contributed by atoms with Crippen LogP contribution in [-0.4, -0.2) is 35.8 Å². The molecule has 1 aliphatic rings. The lowest BCUT2D eigenvalue weighted by Crippen LogP contribution is -2.41. The van der Waals surface area contributed by atoms with Crippen LogP contribution in [0.5, 0.6) is 5.75 Å². The maximum Gasteiger partial charge on any atom is 0.325 e. The lowest BCUT2D eigenvalue weighted by molar-refractivity contribution is -0.130. The van der Waals surface area contributed by atoms with Gasteiger partial charge in [0.2, 0.25) is 0 Å². The monoisotopic (exact) mass is 394 g/mol. The van der Waals surface area contributed by atoms with Crippen molar-refractivity contribution in [2.75, 3.05) is 13.2 Å². The number of urea groups is 1. The lowest BCUT2D eigenvalue weighted by atomic mass is 9.91. The van der Waals surface area contributed by atoms with Crippen LogP contribution in [0, 0.1) is 0 Å². The van der Waals surface area contributed by atoms with Gasteiger partial charge < -0.3 is 10.1 Å². The number of hydrogen-bond donors (Lipinski definition) is 1. The van der Waals surface area contributed by atoms with E-state index < -0.39 is 17.5 Å². The number of rotatable bonds is 8. The smallest absolute Gasteiger partial charge is 0.325 e. The Labute approximate surface area is 170 Å². The van der Waals surface area contributed by atoms with E-state index in [-0.39, 0.29) is 12.3 Å². The fourth-order valence-corrected chi connectivity index (χ4v) is 3.47. The molecule has 1 saturated heterocycles. The first kappa shape index (κ1) is 20.6. The number of carbonyl (C=O) groups excluding carboxylic acids is 3. The molecule has 6 heteroatoms. The van der Waals surface area contributed by atoms with E-state index in [1.165, 1.54) is 5.56 Å². The number of Topliss-reactive ketones (excluding diaryl/α,β-unsaturated/α-hetero) is 1. The number of hydrogen-bond acceptors (Lipinski definition) is 4. The minimum atomic E-state index is -1.18. The third-order valence-corrected chi connectivity index (χ3v) is 5.13. The van der Waals surface area contributed by atoms with Gasteiger partial charge in [-0.2, -0.15) is 0 Å². The Morgan fingerprint density at radius 1 is 1.03 bits per heavy atom. The molecule has 6 nitrogen and oxygen atoms in total. The molecule has 0 bridgehead atoms. The zero-order valence-corrected chi connectivity index (χ0v) is 17.0. The second-order valence-electron chi connectivity index (χ2n) is 7.27. The Kier molecular flexibility index (Phi) is 6.01. The number of benzene rings is 2. The Hall–Kier alpha value is -3.15. The van der Waals surface area contributed by atoms with Gasteiger partial charge in [-0.1, -0.05) is 37.6 Å². The molecule has 1 unspecified atom stereocenters. The Morgan fingerprint density at radius 2 is 1.69 bits per heavy atom. The third kappa shape index (κ3) is 4.16. The first-order valence-corrected chi connectivity index (χ1v) is 9.88. The molecule has 1 heterocycles. The minimum absolute atomic E-state index is 0.303. The molecule has 1 aliphatic heterocycles. The van der Waals surface area contributed by atoms with Crippen LogP contribution in [0.4, 0.5) is 4.79 Å². The molecule has 1 N–H and O–H groups in total. The minimum Gasteiger partial charge on any atom is -0.494 e. The molecule has 29 heavy (non-hydrogen) atoms. The molecular weight excluding hydrogens is 368 g/mol. The van der Waals surface area contributed by atoms with Gasteiger partial charge in [-0.05, 0) is 55.7 Å². The van der Waals surface area contributed by atoms with Gasteiger partial charge in [-0.15, -0.1) is 0 Å². The van der Waals surface area contributed by atoms with Gasteiger partial charge in [0.05, 0.1) is 13.2 Å². The van der Waals surface area contributed by atoms with Crippen LogP contribution in [0.25, 0.3) is 0 Å². The molecule has 2 aromatic rings. The average molecular weight is 394 g/mol. The maximum atomic E-state index is 13.0. The highest BCUT2D eigenvalue weighted by Gasteiger charge is 2.49.